The van der Waals surface area contributed by atoms with Crippen molar-refractivity contribution in [2.75, 3.05) is 13.1 Å². The predicted octanol–water partition coefficient (Wildman–Crippen LogP) is 1.19. The summed E-state index contributed by atoms with van der Waals surface area (Å²) in [5.41, 5.74) is 0. The van der Waals surface area contributed by atoms with Crippen molar-refractivity contribution in [3.05, 3.63) is 0 Å². The highest BCUT2D eigenvalue weighted by Crippen LogP contribution is 2.06. The molecule has 0 aliphatic heterocycles. The fourth-order valence-corrected chi connectivity index (χ4v) is 2.58. The molecule has 0 saturated carbocycles. The van der Waals surface area contributed by atoms with Crippen molar-refractivity contribution in [2.24, 2.45) is 0 Å². The van der Waals surface area contributed by atoms with Gasteiger partial charge in [0.25, 0.3) is 0 Å². The summed E-state index contributed by atoms with van der Waals surface area (Å²) in [6.07, 6.45) is 21.5. The van der Waals surface area contributed by atoms with Crippen molar-refractivity contribution >= 4 is 6.34 Å². The van der Waals surface area contributed by atoms with Crippen LogP contribution in [0.5, 0.6) is 0 Å². The molecule has 0 aromatic rings. The van der Waals surface area contributed by atoms with E-state index in [1.54, 1.807) is 0 Å². The Kier molecular flexibility index (Phi) is 25.1. The standard InChI is InChI=1S/C19H40N2.ClH/c1-3-5-7-9-11-13-15-17-20-19-21-18-16-14-12-10-8-6-4-2;/h19H,3-18H2,1-2H3,(H,20,21);1H. The maximum Gasteiger partial charge on any atom is 0.229 e. The van der Waals surface area contributed by atoms with Crippen molar-refractivity contribution < 1.29 is 17.4 Å². The molecule has 0 aliphatic carbocycles. The van der Waals surface area contributed by atoms with Crippen LogP contribution in [0.25, 0.3) is 0 Å². The lowest BCUT2D eigenvalue weighted by Gasteiger charge is -1.99. The molecule has 0 heterocycles. The minimum absolute atomic E-state index is 0. The number of hydrogen-bond donors (Lipinski definition) is 2. The van der Waals surface area contributed by atoms with Crippen LogP contribution in [0.2, 0.25) is 0 Å². The van der Waals surface area contributed by atoms with E-state index in [0.717, 1.165) is 13.1 Å². The Labute approximate surface area is 146 Å². The maximum atomic E-state index is 3.37. The molecule has 0 amide bonds. The number of nitrogens with one attached hydrogen (secondary N) is 2. The summed E-state index contributed by atoms with van der Waals surface area (Å²) in [6.45, 7) is 6.80. The van der Waals surface area contributed by atoms with Crippen LogP contribution >= 0.6 is 0 Å². The average molecular weight is 333 g/mol. The van der Waals surface area contributed by atoms with E-state index in [9.17, 15) is 0 Å². The van der Waals surface area contributed by atoms with E-state index < -0.39 is 0 Å². The summed E-state index contributed by atoms with van der Waals surface area (Å²) in [5.74, 6) is 0. The third-order valence-corrected chi connectivity index (χ3v) is 4.05. The van der Waals surface area contributed by atoms with Crippen LogP contribution in [0.3, 0.4) is 0 Å². The van der Waals surface area contributed by atoms with Gasteiger partial charge in [-0.1, -0.05) is 78.1 Å². The molecular formula is C19H41ClN2. The molecule has 0 saturated heterocycles. The van der Waals surface area contributed by atoms with Crippen LogP contribution in [-0.4, -0.2) is 19.4 Å². The maximum absolute atomic E-state index is 3.37. The van der Waals surface area contributed by atoms with Crippen LogP contribution in [0.4, 0.5) is 0 Å². The summed E-state index contributed by atoms with van der Waals surface area (Å²) in [7, 11) is 0. The van der Waals surface area contributed by atoms with Gasteiger partial charge in [0.05, 0.1) is 13.1 Å². The molecule has 2 nitrogen and oxygen atoms in total. The van der Waals surface area contributed by atoms with E-state index in [0.29, 0.717) is 0 Å². The van der Waals surface area contributed by atoms with Gasteiger partial charge in [0, 0.05) is 0 Å². The molecule has 2 N–H and O–H groups in total. The molecule has 3 heteroatoms. The topological polar surface area (TPSA) is 26.0 Å². The van der Waals surface area contributed by atoms with Crippen LogP contribution in [0.15, 0.2) is 0 Å². The minimum atomic E-state index is 0. The zero-order valence-corrected chi connectivity index (χ0v) is 16.0. The van der Waals surface area contributed by atoms with Gasteiger partial charge in [0.15, 0.2) is 0 Å². The lowest BCUT2D eigenvalue weighted by atomic mass is 10.1. The third-order valence-electron chi connectivity index (χ3n) is 4.05. The summed E-state index contributed by atoms with van der Waals surface area (Å²) >= 11 is 0. The highest BCUT2D eigenvalue weighted by molar-refractivity contribution is 5.46. The molecule has 0 bridgehead atoms. The van der Waals surface area contributed by atoms with Gasteiger partial charge in [-0.2, -0.15) is 0 Å². The number of halogens is 1. The first-order valence-corrected chi connectivity index (χ1v) is 9.70. The number of hydrogen-bond acceptors (Lipinski definition) is 0. The number of rotatable bonds is 17. The van der Waals surface area contributed by atoms with E-state index in [4.69, 9.17) is 0 Å². The van der Waals surface area contributed by atoms with E-state index in [1.165, 1.54) is 89.9 Å². The monoisotopic (exact) mass is 332 g/mol. The molecule has 0 unspecified atom stereocenters. The average Bonchev–Trinajstić information content (AvgIpc) is 2.50. The second-order valence-electron chi connectivity index (χ2n) is 6.30. The first kappa shape index (κ1) is 24.0. The van der Waals surface area contributed by atoms with E-state index in [1.807, 2.05) is 6.34 Å². The molecule has 0 radical (unpaired) electrons. The van der Waals surface area contributed by atoms with Gasteiger partial charge in [-0.3, -0.25) is 10.3 Å². The molecule has 134 valence electrons. The second-order valence-corrected chi connectivity index (χ2v) is 6.30. The Morgan fingerprint density at radius 2 is 1.09 bits per heavy atom. The molecule has 0 aliphatic rings. The van der Waals surface area contributed by atoms with E-state index in [-0.39, 0.29) is 12.4 Å². The van der Waals surface area contributed by atoms with Crippen LogP contribution < -0.4 is 22.7 Å². The Bertz CT molecular complexity index is 208. The molecule has 0 aromatic heterocycles. The fraction of sp³-hybridized carbons (Fsp3) is 0.947. The first-order valence-electron chi connectivity index (χ1n) is 9.70. The van der Waals surface area contributed by atoms with Gasteiger partial charge in [0.2, 0.25) is 6.34 Å². The van der Waals surface area contributed by atoms with Gasteiger partial charge < -0.3 is 12.4 Å². The molecule has 0 spiro atoms. The normalized spacial score (nSPS) is 10.8. The Balaban J connectivity index is 0. The van der Waals surface area contributed by atoms with E-state index in [2.05, 4.69) is 24.2 Å². The summed E-state index contributed by atoms with van der Waals surface area (Å²) in [4.78, 5) is 3.37. The largest absolute Gasteiger partial charge is 1.00 e. The molecule has 0 rings (SSSR count). The second kappa shape index (κ2) is 23.0. The molecule has 0 fully saturated rings. The first-order chi connectivity index (χ1) is 10.4. The van der Waals surface area contributed by atoms with Gasteiger partial charge in [0.1, 0.15) is 0 Å². The molecule has 0 atom stereocenters. The number of unbranched alkanes of at least 4 members (excludes halogenated alkanes) is 12. The Morgan fingerprint density at radius 1 is 0.636 bits per heavy atom. The summed E-state index contributed by atoms with van der Waals surface area (Å²) in [5, 5.41) is 3.37. The zero-order chi connectivity index (χ0) is 15.4. The molecule has 22 heavy (non-hydrogen) atoms. The zero-order valence-electron chi connectivity index (χ0n) is 15.3. The van der Waals surface area contributed by atoms with Crippen LogP contribution in [-0.2, 0) is 0 Å². The minimum Gasteiger partial charge on any atom is -1.00 e. The van der Waals surface area contributed by atoms with Crippen LogP contribution in [0, 0.1) is 0 Å². The smallest absolute Gasteiger partial charge is 0.229 e. The third kappa shape index (κ3) is 22.0. The summed E-state index contributed by atoms with van der Waals surface area (Å²) in [6, 6.07) is 0. The molecular weight excluding hydrogens is 292 g/mol. The molecule has 0 aromatic carbocycles. The quantitative estimate of drug-likeness (QED) is 0.233. The summed E-state index contributed by atoms with van der Waals surface area (Å²) < 4.78 is 0. The SMILES string of the molecule is CCCCCCCCCNC=[NH+]CCCCCCCCC.[Cl-]. The fourth-order valence-electron chi connectivity index (χ4n) is 2.58. The van der Waals surface area contributed by atoms with Gasteiger partial charge in [-0.15, -0.1) is 0 Å². The van der Waals surface area contributed by atoms with Crippen molar-refractivity contribution in [2.45, 2.75) is 104 Å². The van der Waals surface area contributed by atoms with Crippen molar-refractivity contribution in [3.63, 3.8) is 0 Å². The van der Waals surface area contributed by atoms with Crippen molar-refractivity contribution in [1.29, 1.82) is 0 Å². The Morgan fingerprint density at radius 3 is 1.64 bits per heavy atom. The lowest BCUT2D eigenvalue weighted by Crippen LogP contribution is -3.00. The van der Waals surface area contributed by atoms with Crippen LogP contribution in [0.1, 0.15) is 104 Å². The van der Waals surface area contributed by atoms with Gasteiger partial charge in [-0.25, -0.2) is 0 Å². The van der Waals surface area contributed by atoms with Crippen molar-refractivity contribution in [3.8, 4) is 0 Å². The Hall–Kier alpha value is -0.240. The predicted molar refractivity (Wildman–Crippen MR) is 95.9 cm³/mol. The van der Waals surface area contributed by atoms with E-state index >= 15 is 0 Å². The lowest BCUT2D eigenvalue weighted by molar-refractivity contribution is -0.454. The van der Waals surface area contributed by atoms with Crippen molar-refractivity contribution in [1.82, 2.24) is 5.32 Å². The highest BCUT2D eigenvalue weighted by Gasteiger charge is 1.93. The highest BCUT2D eigenvalue weighted by atomic mass is 35.5. The van der Waals surface area contributed by atoms with Gasteiger partial charge in [-0.05, 0) is 25.7 Å². The van der Waals surface area contributed by atoms with Gasteiger partial charge >= 0.3 is 0 Å².